The summed E-state index contributed by atoms with van der Waals surface area (Å²) in [7, 11) is 2.19. The van der Waals surface area contributed by atoms with E-state index < -0.39 is 0 Å². The van der Waals surface area contributed by atoms with Crippen LogP contribution in [0.25, 0.3) is 5.57 Å². The first-order valence-corrected chi connectivity index (χ1v) is 7.44. The Hall–Kier alpha value is -1.19. The maximum atomic E-state index is 13.1. The van der Waals surface area contributed by atoms with Gasteiger partial charge in [0.15, 0.2) is 0 Å². The van der Waals surface area contributed by atoms with E-state index in [-0.39, 0.29) is 11.9 Å². The molecule has 3 atom stereocenters. The molecule has 0 radical (unpaired) electrons. The first-order chi connectivity index (χ1) is 9.56. The molecule has 0 amide bonds. The van der Waals surface area contributed by atoms with Gasteiger partial charge in [-0.25, -0.2) is 4.39 Å². The summed E-state index contributed by atoms with van der Waals surface area (Å²) < 4.78 is 13.1. The summed E-state index contributed by atoms with van der Waals surface area (Å²) in [5.74, 6) is -0.192. The van der Waals surface area contributed by atoms with Gasteiger partial charge in [-0.1, -0.05) is 12.1 Å². The Morgan fingerprint density at radius 2 is 2.00 bits per heavy atom. The summed E-state index contributed by atoms with van der Waals surface area (Å²) in [5, 5.41) is 9.81. The average Bonchev–Trinajstić information content (AvgIpc) is 2.65. The van der Waals surface area contributed by atoms with Gasteiger partial charge < -0.3 is 5.11 Å². The molecule has 1 fully saturated rings. The van der Waals surface area contributed by atoms with Crippen LogP contribution in [0.15, 0.2) is 29.8 Å². The molecule has 3 rings (SSSR count). The molecule has 0 saturated carbocycles. The van der Waals surface area contributed by atoms with E-state index in [4.69, 9.17) is 0 Å². The quantitative estimate of drug-likeness (QED) is 0.915. The van der Waals surface area contributed by atoms with Crippen LogP contribution in [0.3, 0.4) is 0 Å². The van der Waals surface area contributed by atoms with Crippen molar-refractivity contribution in [1.82, 2.24) is 4.90 Å². The van der Waals surface area contributed by atoms with Crippen LogP contribution in [-0.4, -0.2) is 35.2 Å². The van der Waals surface area contributed by atoms with Crippen LogP contribution in [0.4, 0.5) is 4.39 Å². The Bertz CT molecular complexity index is 520. The average molecular weight is 275 g/mol. The Kier molecular flexibility index (Phi) is 3.65. The number of aliphatic hydroxyl groups excluding tert-OH is 1. The fourth-order valence-electron chi connectivity index (χ4n) is 3.78. The molecule has 1 saturated heterocycles. The van der Waals surface area contributed by atoms with Crippen molar-refractivity contribution >= 4 is 5.57 Å². The molecule has 20 heavy (non-hydrogen) atoms. The maximum Gasteiger partial charge on any atom is 0.123 e. The van der Waals surface area contributed by atoms with E-state index in [9.17, 15) is 9.50 Å². The van der Waals surface area contributed by atoms with Crippen LogP contribution in [0.1, 0.15) is 38.2 Å². The molecular formula is C17H22FNO. The largest absolute Gasteiger partial charge is 0.393 e. The third kappa shape index (κ3) is 2.40. The lowest BCUT2D eigenvalue weighted by Gasteiger charge is -2.36. The minimum absolute atomic E-state index is 0.192. The molecule has 1 aromatic rings. The molecular weight excluding hydrogens is 253 g/mol. The molecule has 2 nitrogen and oxygen atoms in total. The van der Waals surface area contributed by atoms with E-state index in [1.54, 1.807) is 0 Å². The van der Waals surface area contributed by atoms with E-state index in [0.717, 1.165) is 12.0 Å². The van der Waals surface area contributed by atoms with E-state index in [1.807, 2.05) is 19.1 Å². The van der Waals surface area contributed by atoms with E-state index >= 15 is 0 Å². The number of nitrogens with zero attached hydrogens (tertiary/aromatic N) is 1. The first-order valence-electron chi connectivity index (χ1n) is 7.44. The predicted molar refractivity (Wildman–Crippen MR) is 78.8 cm³/mol. The standard InChI is InChI=1S/C17H22FNO/c1-11(20)9-16-15(12-3-5-13(18)6-4-12)10-14-7-8-17(16)19(14)2/h3-6,11,14,17,20H,7-10H2,1-2H3/t11?,14?,17-/m1/s1. The summed E-state index contributed by atoms with van der Waals surface area (Å²) in [6, 6.07) is 7.85. The van der Waals surface area contributed by atoms with Crippen molar-refractivity contribution in [3.05, 3.63) is 41.2 Å². The molecule has 108 valence electrons. The van der Waals surface area contributed by atoms with Gasteiger partial charge in [-0.2, -0.15) is 0 Å². The summed E-state index contributed by atoms with van der Waals surface area (Å²) in [6.45, 7) is 1.84. The number of hydrogen-bond acceptors (Lipinski definition) is 2. The molecule has 2 bridgehead atoms. The van der Waals surface area contributed by atoms with Gasteiger partial charge in [0.2, 0.25) is 0 Å². The van der Waals surface area contributed by atoms with Gasteiger partial charge >= 0.3 is 0 Å². The lowest BCUT2D eigenvalue weighted by atomic mass is 9.86. The highest BCUT2D eigenvalue weighted by molar-refractivity contribution is 5.71. The Morgan fingerprint density at radius 1 is 1.30 bits per heavy atom. The van der Waals surface area contributed by atoms with Crippen LogP contribution < -0.4 is 0 Å². The lowest BCUT2D eigenvalue weighted by Crippen LogP contribution is -2.38. The zero-order valence-corrected chi connectivity index (χ0v) is 12.1. The highest BCUT2D eigenvalue weighted by Gasteiger charge is 2.39. The third-order valence-corrected chi connectivity index (χ3v) is 4.78. The molecule has 0 aliphatic carbocycles. The van der Waals surface area contributed by atoms with Gasteiger partial charge in [-0.05, 0) is 68.5 Å². The van der Waals surface area contributed by atoms with Crippen molar-refractivity contribution in [3.63, 3.8) is 0 Å². The third-order valence-electron chi connectivity index (χ3n) is 4.78. The second-order valence-corrected chi connectivity index (χ2v) is 6.18. The summed E-state index contributed by atoms with van der Waals surface area (Å²) in [6.07, 6.45) is 3.80. The Balaban J connectivity index is 2.03. The van der Waals surface area contributed by atoms with Gasteiger partial charge in [-0.15, -0.1) is 0 Å². The van der Waals surface area contributed by atoms with E-state index in [2.05, 4.69) is 11.9 Å². The van der Waals surface area contributed by atoms with Crippen molar-refractivity contribution < 1.29 is 9.50 Å². The first kappa shape index (κ1) is 13.8. The number of halogens is 1. The zero-order chi connectivity index (χ0) is 14.3. The molecule has 0 aromatic heterocycles. The maximum absolute atomic E-state index is 13.1. The van der Waals surface area contributed by atoms with Crippen molar-refractivity contribution in [3.8, 4) is 0 Å². The molecule has 2 aliphatic rings. The van der Waals surface area contributed by atoms with Gasteiger partial charge in [0.05, 0.1) is 6.10 Å². The van der Waals surface area contributed by atoms with Crippen LogP contribution in [-0.2, 0) is 0 Å². The summed E-state index contributed by atoms with van der Waals surface area (Å²) in [5.41, 5.74) is 3.80. The highest BCUT2D eigenvalue weighted by atomic mass is 19.1. The van der Waals surface area contributed by atoms with E-state index in [0.29, 0.717) is 18.5 Å². The highest BCUT2D eigenvalue weighted by Crippen LogP contribution is 2.43. The van der Waals surface area contributed by atoms with Gasteiger partial charge in [0, 0.05) is 12.1 Å². The number of hydrogen-bond donors (Lipinski definition) is 1. The van der Waals surface area contributed by atoms with Gasteiger partial charge in [-0.3, -0.25) is 4.90 Å². The van der Waals surface area contributed by atoms with Crippen molar-refractivity contribution in [1.29, 1.82) is 0 Å². The van der Waals surface area contributed by atoms with Crippen LogP contribution >= 0.6 is 0 Å². The zero-order valence-electron chi connectivity index (χ0n) is 12.1. The second-order valence-electron chi connectivity index (χ2n) is 6.18. The van der Waals surface area contributed by atoms with Crippen molar-refractivity contribution in [2.45, 2.75) is 50.8 Å². The van der Waals surface area contributed by atoms with Gasteiger partial charge in [0.25, 0.3) is 0 Å². The fourth-order valence-corrected chi connectivity index (χ4v) is 3.78. The monoisotopic (exact) mass is 275 g/mol. The van der Waals surface area contributed by atoms with Crippen LogP contribution in [0, 0.1) is 5.82 Å². The molecule has 2 aliphatic heterocycles. The SMILES string of the molecule is CC(O)CC1=C(c2ccc(F)cc2)CC2CC[C@H]1N2C. The number of rotatable bonds is 3. The van der Waals surface area contributed by atoms with Gasteiger partial charge in [0.1, 0.15) is 5.82 Å². The topological polar surface area (TPSA) is 23.5 Å². The molecule has 2 unspecified atom stereocenters. The normalized spacial score (nSPS) is 28.0. The van der Waals surface area contributed by atoms with Crippen LogP contribution in [0.2, 0.25) is 0 Å². The molecule has 2 heterocycles. The molecule has 3 heteroatoms. The fraction of sp³-hybridized carbons (Fsp3) is 0.529. The number of benzene rings is 1. The number of likely N-dealkylation sites (N-methyl/N-ethyl adjacent to an activating group) is 1. The number of fused-ring (bicyclic) bond motifs is 2. The lowest BCUT2D eigenvalue weighted by molar-refractivity contribution is 0.181. The smallest absolute Gasteiger partial charge is 0.123 e. The Labute approximate surface area is 119 Å². The Morgan fingerprint density at radius 3 is 2.65 bits per heavy atom. The summed E-state index contributed by atoms with van der Waals surface area (Å²) in [4.78, 5) is 2.45. The molecule has 1 aromatic carbocycles. The second kappa shape index (κ2) is 5.30. The van der Waals surface area contributed by atoms with Crippen molar-refractivity contribution in [2.24, 2.45) is 0 Å². The summed E-state index contributed by atoms with van der Waals surface area (Å²) >= 11 is 0. The van der Waals surface area contributed by atoms with Crippen LogP contribution in [0.5, 0.6) is 0 Å². The minimum atomic E-state index is -0.328. The minimum Gasteiger partial charge on any atom is -0.393 e. The van der Waals surface area contributed by atoms with E-state index in [1.165, 1.54) is 36.1 Å². The number of aliphatic hydroxyl groups is 1. The molecule has 0 spiro atoms. The molecule has 1 N–H and O–H groups in total. The predicted octanol–water partition coefficient (Wildman–Crippen LogP) is 3.22. The van der Waals surface area contributed by atoms with Crippen molar-refractivity contribution in [2.75, 3.05) is 7.05 Å².